The van der Waals surface area contributed by atoms with Crippen LogP contribution in [0.5, 0.6) is 11.5 Å². The molecule has 8 aromatic rings. The maximum atomic E-state index is 12.3. The number of morpholine rings is 2. The summed E-state index contributed by atoms with van der Waals surface area (Å²) < 4.78 is 38.6. The van der Waals surface area contributed by atoms with Gasteiger partial charge in [0.15, 0.2) is 22.9 Å². The largest absolute Gasteiger partial charge is 0.495 e. The first-order valence-corrected chi connectivity index (χ1v) is 25.5. The summed E-state index contributed by atoms with van der Waals surface area (Å²) in [6, 6.07) is 16.5. The zero-order valence-electron chi connectivity index (χ0n) is 38.5. The second kappa shape index (κ2) is 20.0. The number of nitrogens with zero attached hydrogens (tertiary/aromatic N) is 10. The number of ether oxygens (including phenoxy) is 4. The second-order valence-corrected chi connectivity index (χ2v) is 19.5. The van der Waals surface area contributed by atoms with Gasteiger partial charge >= 0.3 is 0 Å². The van der Waals surface area contributed by atoms with Gasteiger partial charge in [0.2, 0.25) is 0 Å². The monoisotopic (exact) mass is 964 g/mol. The Hall–Kier alpha value is -6.80. The average molecular weight is 965 g/mol. The van der Waals surface area contributed by atoms with Crippen molar-refractivity contribution in [3.05, 3.63) is 109 Å². The molecule has 0 radical (unpaired) electrons. The maximum Gasteiger partial charge on any atom is 0.180 e. The molecule has 0 amide bonds. The van der Waals surface area contributed by atoms with Gasteiger partial charge in [0.1, 0.15) is 16.5 Å². The fourth-order valence-corrected chi connectivity index (χ4v) is 11.3. The Kier molecular flexibility index (Phi) is 13.0. The summed E-state index contributed by atoms with van der Waals surface area (Å²) in [7, 11) is 2.37. The van der Waals surface area contributed by atoms with Gasteiger partial charge in [-0.1, -0.05) is 0 Å². The fourth-order valence-electron chi connectivity index (χ4n) is 9.12. The lowest BCUT2D eigenvalue weighted by molar-refractivity contribution is 0.122. The SMILES string of the molecule is COc1cc(Nc2nc(-c3cnc4c(c3)CCCS4)cn3ccnc23)ccc1N1CCOCC1.COc1cc(Nc2nc(-c3cnc4c(c3)CCCS4=O)cn3ccnc23)ccc1N1CCOCC1. The van der Waals surface area contributed by atoms with Gasteiger partial charge in [0, 0.05) is 116 Å². The van der Waals surface area contributed by atoms with Crippen molar-refractivity contribution < 1.29 is 23.2 Å². The molecule has 1 unspecified atom stereocenters. The van der Waals surface area contributed by atoms with Crippen molar-refractivity contribution >= 4 is 68.2 Å². The summed E-state index contributed by atoms with van der Waals surface area (Å²) in [6.45, 7) is 6.27. The van der Waals surface area contributed by atoms with Crippen molar-refractivity contribution in [1.82, 2.24) is 38.7 Å². The molecule has 6 aromatic heterocycles. The summed E-state index contributed by atoms with van der Waals surface area (Å²) in [6.07, 6.45) is 19.1. The van der Waals surface area contributed by atoms with Crippen molar-refractivity contribution in [3.63, 3.8) is 0 Å². The number of hydrogen-bond acceptors (Lipinski definition) is 16. The molecule has 12 rings (SSSR count). The highest BCUT2D eigenvalue weighted by Gasteiger charge is 2.22. The number of anilines is 6. The first kappa shape index (κ1) is 44.7. The first-order chi connectivity index (χ1) is 34.0. The van der Waals surface area contributed by atoms with Gasteiger partial charge in [-0.15, -0.1) is 11.8 Å². The number of fused-ring (bicyclic) bond motifs is 4. The Morgan fingerprint density at radius 2 is 1.19 bits per heavy atom. The standard InChI is InChI=1S/C25H26N6O3S.C25H26N6O2S/c1-33-22-14-19(4-5-21(22)30-8-10-34-11-9-30)28-23-24-26-6-7-31(24)16-20(29-23)18-13-17-3-2-12-35(32)25(17)27-15-18;1-32-22-14-19(4-5-21(22)30-8-10-33-11-9-30)28-23-24-26-6-7-31(24)16-20(29-23)18-13-17-3-2-12-34-25(17)27-15-18/h4-7,13-16H,2-3,8-12H2,1H3,(H,28,29);4-7,13-16H,2-3,8-12H2,1H3,(H,28,29). The van der Waals surface area contributed by atoms with E-state index in [1.54, 1.807) is 32.8 Å². The molecule has 2 N–H and O–H groups in total. The van der Waals surface area contributed by atoms with Crippen LogP contribution in [-0.2, 0) is 33.1 Å². The molecular weight excluding hydrogens is 913 g/mol. The Bertz CT molecular complexity index is 3170. The van der Waals surface area contributed by atoms with E-state index in [1.807, 2.05) is 69.7 Å². The Balaban J connectivity index is 0.000000151. The highest BCUT2D eigenvalue weighted by Crippen LogP contribution is 2.37. The number of hydrogen-bond donors (Lipinski definition) is 2. The van der Waals surface area contributed by atoms with E-state index in [4.69, 9.17) is 33.9 Å². The van der Waals surface area contributed by atoms with E-state index in [2.05, 4.69) is 65.7 Å². The van der Waals surface area contributed by atoms with E-state index in [0.29, 0.717) is 35.6 Å². The summed E-state index contributed by atoms with van der Waals surface area (Å²) >= 11 is 1.83. The van der Waals surface area contributed by atoms with Crippen molar-refractivity contribution in [3.8, 4) is 34.0 Å². The Morgan fingerprint density at radius 3 is 1.75 bits per heavy atom. The van der Waals surface area contributed by atoms with Gasteiger partial charge in [-0.25, -0.2) is 29.9 Å². The summed E-state index contributed by atoms with van der Waals surface area (Å²) in [4.78, 5) is 32.6. The molecule has 10 heterocycles. The molecular formula is C50H52N12O5S2. The van der Waals surface area contributed by atoms with Crippen LogP contribution in [0.15, 0.2) is 108 Å². The van der Waals surface area contributed by atoms with Crippen molar-refractivity contribution in [2.75, 3.05) is 98.8 Å². The number of methoxy groups -OCH3 is 2. The molecule has 69 heavy (non-hydrogen) atoms. The predicted octanol–water partition coefficient (Wildman–Crippen LogP) is 7.85. The quantitative estimate of drug-likeness (QED) is 0.136. The number of pyridine rings is 2. The molecule has 19 heteroatoms. The lowest BCUT2D eigenvalue weighted by Crippen LogP contribution is -2.36. The minimum Gasteiger partial charge on any atom is -0.495 e. The van der Waals surface area contributed by atoms with E-state index in [1.165, 1.54) is 12.0 Å². The van der Waals surface area contributed by atoms with Crippen LogP contribution in [0.4, 0.5) is 34.4 Å². The topological polar surface area (TPSA) is 171 Å². The van der Waals surface area contributed by atoms with Gasteiger partial charge in [-0.05, 0) is 79.0 Å². The van der Waals surface area contributed by atoms with Crippen molar-refractivity contribution in [1.29, 1.82) is 0 Å². The van der Waals surface area contributed by atoms with Crippen LogP contribution < -0.4 is 29.9 Å². The number of nitrogens with one attached hydrogen (secondary N) is 2. The molecule has 4 aliphatic heterocycles. The molecule has 2 fully saturated rings. The van der Waals surface area contributed by atoms with Gasteiger partial charge in [0.05, 0.1) is 79.2 Å². The smallest absolute Gasteiger partial charge is 0.180 e. The lowest BCUT2D eigenvalue weighted by Gasteiger charge is -2.30. The molecule has 354 valence electrons. The van der Waals surface area contributed by atoms with E-state index in [9.17, 15) is 4.21 Å². The molecule has 2 aromatic carbocycles. The van der Waals surface area contributed by atoms with Gasteiger partial charge < -0.3 is 48.2 Å². The Labute approximate surface area is 406 Å². The number of aryl methyl sites for hydroxylation is 2. The van der Waals surface area contributed by atoms with Gasteiger partial charge in [0.25, 0.3) is 0 Å². The Morgan fingerprint density at radius 1 is 0.652 bits per heavy atom. The molecule has 2 saturated heterocycles. The zero-order valence-corrected chi connectivity index (χ0v) is 40.1. The summed E-state index contributed by atoms with van der Waals surface area (Å²) in [5.41, 5.74) is 11.2. The zero-order chi connectivity index (χ0) is 46.7. The number of aromatic nitrogens is 8. The van der Waals surface area contributed by atoms with Crippen LogP contribution in [0.25, 0.3) is 33.8 Å². The maximum absolute atomic E-state index is 12.3. The second-order valence-electron chi connectivity index (χ2n) is 17.0. The summed E-state index contributed by atoms with van der Waals surface area (Å²) in [5.74, 6) is 4.75. The molecule has 0 spiro atoms. The van der Waals surface area contributed by atoms with E-state index in [0.717, 1.165) is 143 Å². The number of thioether (sulfide) groups is 1. The van der Waals surface area contributed by atoms with Crippen LogP contribution in [0.2, 0.25) is 0 Å². The average Bonchev–Trinajstić information content (AvgIpc) is 4.10. The molecule has 0 saturated carbocycles. The fraction of sp³-hybridized carbons (Fsp3) is 0.320. The number of rotatable bonds is 10. The van der Waals surface area contributed by atoms with Gasteiger partial charge in [-0.3, -0.25) is 4.21 Å². The molecule has 0 bridgehead atoms. The van der Waals surface area contributed by atoms with E-state index < -0.39 is 10.8 Å². The minimum atomic E-state index is -1.02. The highest BCUT2D eigenvalue weighted by molar-refractivity contribution is 7.99. The third-order valence-corrected chi connectivity index (χ3v) is 15.2. The van der Waals surface area contributed by atoms with Crippen molar-refractivity contribution in [2.45, 2.75) is 35.7 Å². The number of benzene rings is 2. The third kappa shape index (κ3) is 9.51. The van der Waals surface area contributed by atoms with Crippen LogP contribution in [0, 0.1) is 0 Å². The van der Waals surface area contributed by atoms with Crippen LogP contribution in [0.1, 0.15) is 24.0 Å². The van der Waals surface area contributed by atoms with Crippen LogP contribution in [-0.4, -0.2) is 121 Å². The highest BCUT2D eigenvalue weighted by atomic mass is 32.2. The number of imidazole rings is 2. The normalized spacial score (nSPS) is 16.9. The van der Waals surface area contributed by atoms with Crippen LogP contribution in [0.3, 0.4) is 0 Å². The first-order valence-electron chi connectivity index (χ1n) is 23.2. The van der Waals surface area contributed by atoms with E-state index >= 15 is 0 Å². The lowest BCUT2D eigenvalue weighted by atomic mass is 10.1. The van der Waals surface area contributed by atoms with Gasteiger partial charge in [-0.2, -0.15) is 0 Å². The van der Waals surface area contributed by atoms with Crippen molar-refractivity contribution in [2.24, 2.45) is 0 Å². The molecule has 0 aliphatic carbocycles. The molecule has 1 atom stereocenters. The summed E-state index contributed by atoms with van der Waals surface area (Å²) in [5, 5.41) is 8.75. The predicted molar refractivity (Wildman–Crippen MR) is 270 cm³/mol. The van der Waals surface area contributed by atoms with Crippen LogP contribution >= 0.6 is 11.8 Å². The molecule has 17 nitrogen and oxygen atoms in total. The van der Waals surface area contributed by atoms with E-state index in [-0.39, 0.29) is 0 Å². The minimum absolute atomic E-state index is 0.634. The third-order valence-electron chi connectivity index (χ3n) is 12.6. The molecule has 4 aliphatic rings.